The number of carbonyl (C=O) groups excluding carboxylic acids is 1. The number of rotatable bonds is 5. The van der Waals surface area contributed by atoms with E-state index < -0.39 is 17.6 Å². The fourth-order valence-corrected chi connectivity index (χ4v) is 4.34. The molecule has 0 aliphatic carbocycles. The Morgan fingerprint density at radius 2 is 1.77 bits per heavy atom. The number of benzene rings is 2. The molecule has 1 amide bonds. The maximum atomic E-state index is 13.2. The van der Waals surface area contributed by atoms with Gasteiger partial charge in [-0.3, -0.25) is 9.69 Å². The normalized spacial score (nSPS) is 14.4. The number of carbonyl (C=O) groups is 1. The highest BCUT2D eigenvalue weighted by molar-refractivity contribution is 6.04. The van der Waals surface area contributed by atoms with Gasteiger partial charge in [0.2, 0.25) is 0 Å². The Kier molecular flexibility index (Phi) is 6.21. The second-order valence-electron chi connectivity index (χ2n) is 8.64. The molecule has 8 heteroatoms. The van der Waals surface area contributed by atoms with Crippen LogP contribution in [0.15, 0.2) is 72.9 Å². The Balaban J connectivity index is 1.39. The summed E-state index contributed by atoms with van der Waals surface area (Å²) in [5.41, 5.74) is 1.85. The van der Waals surface area contributed by atoms with Crippen molar-refractivity contribution >= 4 is 22.6 Å². The Morgan fingerprint density at radius 1 is 0.971 bits per heavy atom. The predicted octanol–water partition coefficient (Wildman–Crippen LogP) is 6.16. The first kappa shape index (κ1) is 23.0. The van der Waals surface area contributed by atoms with Gasteiger partial charge in [0, 0.05) is 23.7 Å². The number of fused-ring (bicyclic) bond motifs is 1. The van der Waals surface area contributed by atoms with Gasteiger partial charge in [-0.25, -0.2) is 9.97 Å². The molecule has 1 aliphatic rings. The molecular formula is C27H23F3N4O. The second-order valence-corrected chi connectivity index (χ2v) is 8.64. The van der Waals surface area contributed by atoms with Crippen molar-refractivity contribution in [2.24, 2.45) is 0 Å². The number of hydrogen-bond donors (Lipinski definition) is 1. The minimum Gasteiger partial charge on any atom is -0.305 e. The fraction of sp³-hybridized carbons (Fsp3) is 0.222. The highest BCUT2D eigenvalue weighted by atomic mass is 19.4. The topological polar surface area (TPSA) is 58.1 Å². The van der Waals surface area contributed by atoms with Crippen molar-refractivity contribution in [1.82, 2.24) is 14.9 Å². The molecule has 1 fully saturated rings. The molecule has 1 N–H and O–H groups in total. The van der Waals surface area contributed by atoms with Crippen molar-refractivity contribution in [3.05, 3.63) is 89.7 Å². The van der Waals surface area contributed by atoms with Crippen LogP contribution in [0.5, 0.6) is 0 Å². The van der Waals surface area contributed by atoms with E-state index in [0.717, 1.165) is 42.7 Å². The van der Waals surface area contributed by atoms with Crippen LogP contribution in [-0.4, -0.2) is 33.9 Å². The maximum Gasteiger partial charge on any atom is 0.416 e. The molecule has 1 aliphatic heterocycles. The fourth-order valence-electron chi connectivity index (χ4n) is 4.34. The minimum atomic E-state index is -4.45. The SMILES string of the molecule is O=C(Nc1ccc(CN2CCCC2)cn1)c1ccc2cccc(-c3cccc(C(F)(F)F)c3)c2n1. The second kappa shape index (κ2) is 9.46. The van der Waals surface area contributed by atoms with Crippen LogP contribution < -0.4 is 5.32 Å². The standard InChI is InChI=1S/C27H23F3N4O/c28-27(29,30)21-7-3-6-20(15-21)22-8-4-5-19-10-11-23(32-25(19)22)26(35)33-24-12-9-18(16-31-24)17-34-13-1-2-14-34/h3-12,15-16H,1-2,13-14,17H2,(H,31,33,35). The molecule has 5 rings (SSSR count). The minimum absolute atomic E-state index is 0.153. The van der Waals surface area contributed by atoms with Crippen molar-refractivity contribution in [1.29, 1.82) is 0 Å². The molecule has 3 heterocycles. The first-order chi connectivity index (χ1) is 16.9. The molecule has 178 valence electrons. The Bertz CT molecular complexity index is 1360. The van der Waals surface area contributed by atoms with Crippen LogP contribution in [0.2, 0.25) is 0 Å². The van der Waals surface area contributed by atoms with Crippen LogP contribution in [0.25, 0.3) is 22.0 Å². The summed E-state index contributed by atoms with van der Waals surface area (Å²) in [6.07, 6.45) is -0.255. The Labute approximate surface area is 200 Å². The number of para-hydroxylation sites is 1. The molecule has 4 aromatic rings. The van der Waals surface area contributed by atoms with Gasteiger partial charge in [-0.2, -0.15) is 13.2 Å². The zero-order chi connectivity index (χ0) is 24.4. The van der Waals surface area contributed by atoms with Crippen molar-refractivity contribution in [3.8, 4) is 11.1 Å². The lowest BCUT2D eigenvalue weighted by Crippen LogP contribution is -2.18. The summed E-state index contributed by atoms with van der Waals surface area (Å²) < 4.78 is 39.7. The largest absolute Gasteiger partial charge is 0.416 e. The lowest BCUT2D eigenvalue weighted by molar-refractivity contribution is -0.137. The molecule has 0 unspecified atom stereocenters. The quantitative estimate of drug-likeness (QED) is 0.375. The predicted molar refractivity (Wildman–Crippen MR) is 129 cm³/mol. The Hall–Kier alpha value is -3.78. The van der Waals surface area contributed by atoms with Gasteiger partial charge in [-0.05, 0) is 61.3 Å². The van der Waals surface area contributed by atoms with E-state index in [9.17, 15) is 18.0 Å². The van der Waals surface area contributed by atoms with Crippen LogP contribution in [0, 0.1) is 0 Å². The van der Waals surface area contributed by atoms with Crippen LogP contribution in [0.1, 0.15) is 34.5 Å². The average molecular weight is 477 g/mol. The van der Waals surface area contributed by atoms with E-state index in [2.05, 4.69) is 20.2 Å². The number of nitrogens with zero attached hydrogens (tertiary/aromatic N) is 3. The summed E-state index contributed by atoms with van der Waals surface area (Å²) in [4.78, 5) is 24.1. The number of amides is 1. The number of pyridine rings is 2. The summed E-state index contributed by atoms with van der Waals surface area (Å²) in [6.45, 7) is 3.02. The third-order valence-corrected chi connectivity index (χ3v) is 6.12. The van der Waals surface area contributed by atoms with E-state index >= 15 is 0 Å². The lowest BCUT2D eigenvalue weighted by Gasteiger charge is -2.14. The lowest BCUT2D eigenvalue weighted by atomic mass is 9.99. The molecule has 35 heavy (non-hydrogen) atoms. The molecule has 2 aromatic heterocycles. The van der Waals surface area contributed by atoms with Gasteiger partial charge in [-0.1, -0.05) is 42.5 Å². The van der Waals surface area contributed by atoms with Gasteiger partial charge in [0.05, 0.1) is 11.1 Å². The third-order valence-electron chi connectivity index (χ3n) is 6.12. The van der Waals surface area contributed by atoms with Crippen LogP contribution >= 0.6 is 0 Å². The first-order valence-electron chi connectivity index (χ1n) is 11.4. The number of likely N-dealkylation sites (tertiary alicyclic amines) is 1. The number of alkyl halides is 3. The maximum absolute atomic E-state index is 13.2. The molecule has 0 saturated carbocycles. The van der Waals surface area contributed by atoms with Gasteiger partial charge in [-0.15, -0.1) is 0 Å². The molecule has 0 bridgehead atoms. The summed E-state index contributed by atoms with van der Waals surface area (Å²) in [5.74, 6) is -0.0289. The number of hydrogen-bond acceptors (Lipinski definition) is 4. The van der Waals surface area contributed by atoms with Gasteiger partial charge >= 0.3 is 6.18 Å². The number of anilines is 1. The van der Waals surface area contributed by atoms with Crippen molar-refractivity contribution in [2.45, 2.75) is 25.6 Å². The summed E-state index contributed by atoms with van der Waals surface area (Å²) >= 11 is 0. The number of aromatic nitrogens is 2. The molecule has 1 saturated heterocycles. The van der Waals surface area contributed by atoms with Gasteiger partial charge in [0.25, 0.3) is 5.91 Å². The van der Waals surface area contributed by atoms with Crippen molar-refractivity contribution in [3.63, 3.8) is 0 Å². The van der Waals surface area contributed by atoms with E-state index in [1.807, 2.05) is 12.1 Å². The molecule has 0 radical (unpaired) electrons. The Morgan fingerprint density at radius 3 is 2.51 bits per heavy atom. The van der Waals surface area contributed by atoms with Gasteiger partial charge in [0.1, 0.15) is 11.5 Å². The van der Waals surface area contributed by atoms with E-state index in [1.165, 1.54) is 18.9 Å². The van der Waals surface area contributed by atoms with Crippen LogP contribution in [0.3, 0.4) is 0 Å². The zero-order valence-electron chi connectivity index (χ0n) is 18.8. The van der Waals surface area contributed by atoms with Crippen molar-refractivity contribution < 1.29 is 18.0 Å². The van der Waals surface area contributed by atoms with Gasteiger partial charge in [0.15, 0.2) is 0 Å². The van der Waals surface area contributed by atoms with Crippen LogP contribution in [-0.2, 0) is 12.7 Å². The van der Waals surface area contributed by atoms with Gasteiger partial charge < -0.3 is 5.32 Å². The summed E-state index contributed by atoms with van der Waals surface area (Å²) in [7, 11) is 0. The summed E-state index contributed by atoms with van der Waals surface area (Å²) in [6, 6.07) is 17.4. The molecule has 2 aromatic carbocycles. The zero-order valence-corrected chi connectivity index (χ0v) is 18.8. The first-order valence-corrected chi connectivity index (χ1v) is 11.4. The highest BCUT2D eigenvalue weighted by Gasteiger charge is 2.30. The monoisotopic (exact) mass is 476 g/mol. The highest BCUT2D eigenvalue weighted by Crippen LogP contribution is 2.34. The van der Waals surface area contributed by atoms with Crippen molar-refractivity contribution in [2.75, 3.05) is 18.4 Å². The van der Waals surface area contributed by atoms with E-state index in [1.54, 1.807) is 42.6 Å². The summed E-state index contributed by atoms with van der Waals surface area (Å²) in [5, 5.41) is 3.48. The number of halogens is 3. The molecule has 0 spiro atoms. The number of nitrogens with one attached hydrogen (secondary N) is 1. The smallest absolute Gasteiger partial charge is 0.305 e. The molecular weight excluding hydrogens is 453 g/mol. The average Bonchev–Trinajstić information content (AvgIpc) is 3.37. The van der Waals surface area contributed by atoms with Crippen LogP contribution in [0.4, 0.5) is 19.0 Å². The van der Waals surface area contributed by atoms with E-state index in [4.69, 9.17) is 0 Å². The molecule has 5 nitrogen and oxygen atoms in total. The van der Waals surface area contributed by atoms with E-state index in [-0.39, 0.29) is 5.69 Å². The third kappa shape index (κ3) is 5.17. The molecule has 0 atom stereocenters. The van der Waals surface area contributed by atoms with E-state index in [0.29, 0.717) is 22.5 Å².